The topological polar surface area (TPSA) is 159 Å². The summed E-state index contributed by atoms with van der Waals surface area (Å²) in [6.45, 7) is 8.77. The first kappa shape index (κ1) is 34.6. The van der Waals surface area contributed by atoms with Crippen molar-refractivity contribution in [2.75, 3.05) is 24.1 Å². The van der Waals surface area contributed by atoms with Crippen LogP contribution < -0.4 is 16.0 Å². The Morgan fingerprint density at radius 1 is 1.12 bits per heavy atom. The van der Waals surface area contributed by atoms with Gasteiger partial charge in [-0.3, -0.25) is 14.4 Å². The van der Waals surface area contributed by atoms with Crippen LogP contribution in [0.5, 0.6) is 0 Å². The Balaban J connectivity index is 1.48. The lowest BCUT2D eigenvalue weighted by Gasteiger charge is -2.39. The van der Waals surface area contributed by atoms with E-state index in [1.54, 1.807) is 6.92 Å². The second-order valence-corrected chi connectivity index (χ2v) is 12.4. The molecular formula is C30H46IN3O8. The van der Waals surface area contributed by atoms with Crippen LogP contribution in [-0.4, -0.2) is 100 Å². The lowest BCUT2D eigenvalue weighted by Crippen LogP contribution is -2.51. The fourth-order valence-corrected chi connectivity index (χ4v) is 5.59. The molecule has 9 atom stereocenters. The number of carbonyl (C=O) groups excluding carboxylic acids is 3. The van der Waals surface area contributed by atoms with Crippen LogP contribution in [0.15, 0.2) is 36.0 Å². The van der Waals surface area contributed by atoms with Crippen LogP contribution in [0.4, 0.5) is 0 Å². The standard InChI is InChI=1S/C30H46IN3O8/c1-18(5-8-24-19(2)13-23(21(4)41-24)34-26(36)10-7-20(3)35)6-9-25-29(39)30(17-40-30)15-22(42-25)14-27(37)32-11-12-33-28(38)16-31/h5-7,9-10,19-25,29,35,39H,8,11-17H2,1-4H3,(H,32,37)(H,33,38)(H,34,36)/b9-6+,10-7?,18-5+/t19-,20?,21+,22+,23+,24-,25+,29+,30+/m0/s1. The molecule has 0 aromatic rings. The number of aliphatic hydroxyl groups is 2. The van der Waals surface area contributed by atoms with Gasteiger partial charge in [-0.2, -0.15) is 0 Å². The summed E-state index contributed by atoms with van der Waals surface area (Å²) in [5, 5.41) is 28.7. The Bertz CT molecular complexity index is 1030. The molecule has 0 bridgehead atoms. The molecule has 0 aliphatic carbocycles. The van der Waals surface area contributed by atoms with Gasteiger partial charge in [0.2, 0.25) is 17.7 Å². The van der Waals surface area contributed by atoms with Gasteiger partial charge < -0.3 is 40.4 Å². The third-order valence-electron chi connectivity index (χ3n) is 7.88. The van der Waals surface area contributed by atoms with Gasteiger partial charge in [0.15, 0.2) is 0 Å². The number of amides is 3. The average molecular weight is 704 g/mol. The number of ether oxygens (including phenoxy) is 3. The zero-order valence-electron chi connectivity index (χ0n) is 24.9. The molecule has 236 valence electrons. The highest BCUT2D eigenvalue weighted by molar-refractivity contribution is 14.1. The number of carbonyl (C=O) groups is 3. The summed E-state index contributed by atoms with van der Waals surface area (Å²) in [5.74, 6) is -0.267. The summed E-state index contributed by atoms with van der Waals surface area (Å²) in [5.41, 5.74) is 0.316. The van der Waals surface area contributed by atoms with Crippen molar-refractivity contribution in [3.8, 4) is 0 Å². The number of halogens is 1. The molecule has 3 fully saturated rings. The van der Waals surface area contributed by atoms with Crippen molar-refractivity contribution in [3.05, 3.63) is 36.0 Å². The van der Waals surface area contributed by atoms with E-state index in [1.165, 1.54) is 12.2 Å². The van der Waals surface area contributed by atoms with E-state index in [4.69, 9.17) is 14.2 Å². The first-order chi connectivity index (χ1) is 19.9. The molecule has 1 unspecified atom stereocenters. The minimum absolute atomic E-state index is 0.00180. The van der Waals surface area contributed by atoms with E-state index in [1.807, 2.05) is 48.6 Å². The molecule has 3 saturated heterocycles. The Labute approximate surface area is 262 Å². The molecule has 0 saturated carbocycles. The number of alkyl halides is 1. The Morgan fingerprint density at radius 2 is 1.81 bits per heavy atom. The molecule has 3 rings (SSSR count). The van der Waals surface area contributed by atoms with E-state index < -0.39 is 30.0 Å². The number of allylic oxidation sites excluding steroid dienone is 2. The Morgan fingerprint density at radius 3 is 2.45 bits per heavy atom. The zero-order chi connectivity index (χ0) is 30.9. The van der Waals surface area contributed by atoms with Crippen LogP contribution in [-0.2, 0) is 28.6 Å². The van der Waals surface area contributed by atoms with Gasteiger partial charge in [0.25, 0.3) is 0 Å². The number of epoxide rings is 1. The van der Waals surface area contributed by atoms with Gasteiger partial charge in [-0.1, -0.05) is 59.4 Å². The van der Waals surface area contributed by atoms with Crippen LogP contribution in [0.3, 0.4) is 0 Å². The molecular weight excluding hydrogens is 657 g/mol. The number of rotatable bonds is 13. The monoisotopic (exact) mass is 703 g/mol. The van der Waals surface area contributed by atoms with Crippen LogP contribution in [0.2, 0.25) is 0 Å². The van der Waals surface area contributed by atoms with Gasteiger partial charge in [0.05, 0.1) is 47.9 Å². The van der Waals surface area contributed by atoms with Crippen LogP contribution in [0.1, 0.15) is 53.4 Å². The average Bonchev–Trinajstić information content (AvgIpc) is 3.71. The molecule has 0 aromatic carbocycles. The molecule has 3 aliphatic heterocycles. The van der Waals surface area contributed by atoms with E-state index in [-0.39, 0.29) is 48.3 Å². The van der Waals surface area contributed by atoms with Crippen molar-refractivity contribution in [3.63, 3.8) is 0 Å². The second kappa shape index (κ2) is 16.3. The van der Waals surface area contributed by atoms with Gasteiger partial charge in [0.1, 0.15) is 17.8 Å². The maximum Gasteiger partial charge on any atom is 0.244 e. The normalized spacial score (nSPS) is 34.0. The lowest BCUT2D eigenvalue weighted by atomic mass is 9.87. The summed E-state index contributed by atoms with van der Waals surface area (Å²) in [6.07, 6.45) is 8.05. The Kier molecular flexibility index (Phi) is 13.4. The molecule has 3 heterocycles. The molecule has 0 aromatic heterocycles. The molecule has 3 aliphatic rings. The van der Waals surface area contributed by atoms with Crippen LogP contribution >= 0.6 is 22.6 Å². The molecule has 0 radical (unpaired) electrons. The fourth-order valence-electron chi connectivity index (χ4n) is 5.32. The Hall–Kier alpha value is -1.84. The van der Waals surface area contributed by atoms with Crippen LogP contribution in [0.25, 0.3) is 0 Å². The van der Waals surface area contributed by atoms with Crippen molar-refractivity contribution in [1.29, 1.82) is 0 Å². The number of aliphatic hydroxyl groups excluding tert-OH is 2. The number of hydrogen-bond donors (Lipinski definition) is 5. The lowest BCUT2D eigenvalue weighted by molar-refractivity contribution is -0.145. The molecule has 5 N–H and O–H groups in total. The predicted octanol–water partition coefficient (Wildman–Crippen LogP) is 1.46. The van der Waals surface area contributed by atoms with Crippen molar-refractivity contribution in [2.24, 2.45) is 5.92 Å². The van der Waals surface area contributed by atoms with Gasteiger partial charge in [-0.05, 0) is 39.5 Å². The molecule has 3 amide bonds. The first-order valence-electron chi connectivity index (χ1n) is 14.7. The third kappa shape index (κ3) is 10.7. The largest absolute Gasteiger partial charge is 0.389 e. The predicted molar refractivity (Wildman–Crippen MR) is 166 cm³/mol. The van der Waals surface area contributed by atoms with E-state index >= 15 is 0 Å². The summed E-state index contributed by atoms with van der Waals surface area (Å²) in [4.78, 5) is 35.9. The van der Waals surface area contributed by atoms with Gasteiger partial charge in [-0.25, -0.2) is 0 Å². The van der Waals surface area contributed by atoms with E-state index in [0.717, 1.165) is 12.0 Å². The minimum atomic E-state index is -0.825. The highest BCUT2D eigenvalue weighted by atomic mass is 127. The van der Waals surface area contributed by atoms with E-state index in [9.17, 15) is 24.6 Å². The first-order valence-corrected chi connectivity index (χ1v) is 16.2. The SMILES string of the molecule is CC(/C=C/[C@H]1O[C@H](CC(=O)NCCNC(=O)CI)C[C@@]2(CO2)[C@@H]1O)=C\C[C@@H]1O[C@H](C)[C@H](NC(=O)C=CC(C)O)C[C@@H]1C. The van der Waals surface area contributed by atoms with Crippen molar-refractivity contribution in [2.45, 2.75) is 102 Å². The van der Waals surface area contributed by atoms with E-state index in [2.05, 4.69) is 29.0 Å². The molecule has 42 heavy (non-hydrogen) atoms. The summed E-state index contributed by atoms with van der Waals surface area (Å²) >= 11 is 1.98. The van der Waals surface area contributed by atoms with Crippen molar-refractivity contribution < 1.29 is 38.8 Å². The molecule has 11 nitrogen and oxygen atoms in total. The zero-order valence-corrected chi connectivity index (χ0v) is 27.0. The fraction of sp³-hybridized carbons (Fsp3) is 0.700. The molecule has 12 heteroatoms. The quantitative estimate of drug-likeness (QED) is 0.0482. The van der Waals surface area contributed by atoms with Gasteiger partial charge in [-0.15, -0.1) is 0 Å². The van der Waals surface area contributed by atoms with Gasteiger partial charge >= 0.3 is 0 Å². The van der Waals surface area contributed by atoms with Gasteiger partial charge in [0, 0.05) is 25.6 Å². The highest BCUT2D eigenvalue weighted by Crippen LogP contribution is 2.43. The summed E-state index contributed by atoms with van der Waals surface area (Å²) in [6, 6.07) is -0.106. The van der Waals surface area contributed by atoms with Crippen molar-refractivity contribution >= 4 is 40.3 Å². The van der Waals surface area contributed by atoms with Crippen molar-refractivity contribution in [1.82, 2.24) is 16.0 Å². The second-order valence-electron chi connectivity index (χ2n) is 11.6. The highest BCUT2D eigenvalue weighted by Gasteiger charge is 2.58. The smallest absolute Gasteiger partial charge is 0.244 e. The van der Waals surface area contributed by atoms with E-state index in [0.29, 0.717) is 37.0 Å². The number of nitrogens with one attached hydrogen (secondary N) is 3. The maximum atomic E-state index is 12.4. The van der Waals surface area contributed by atoms with Crippen LogP contribution in [0, 0.1) is 5.92 Å². The minimum Gasteiger partial charge on any atom is -0.389 e. The summed E-state index contributed by atoms with van der Waals surface area (Å²) in [7, 11) is 0. The summed E-state index contributed by atoms with van der Waals surface area (Å²) < 4.78 is 18.3. The maximum absolute atomic E-state index is 12.4. The third-order valence-corrected chi connectivity index (χ3v) is 8.58. The number of hydrogen-bond acceptors (Lipinski definition) is 8. The molecule has 1 spiro atoms.